The first-order chi connectivity index (χ1) is 15.6. The second kappa shape index (κ2) is 15.5. The summed E-state index contributed by atoms with van der Waals surface area (Å²) in [6, 6.07) is 7.08. The summed E-state index contributed by atoms with van der Waals surface area (Å²) in [6.45, 7) is 2.98. The normalized spacial score (nSPS) is 12.2. The first kappa shape index (κ1) is 25.9. The molecule has 0 spiro atoms. The van der Waals surface area contributed by atoms with Gasteiger partial charge in [0.1, 0.15) is 6.04 Å². The number of para-hydroxylation sites is 1. The fourth-order valence-corrected chi connectivity index (χ4v) is 3.96. The lowest BCUT2D eigenvalue weighted by molar-refractivity contribution is -0.144. The molecule has 2 rings (SSSR count). The Bertz CT molecular complexity index is 802. The SMILES string of the molecule is CCCCCCCCCCCCOC(=O)CCNC(Cc1c[nH]c2ccccc12)C(=O)O. The van der Waals surface area contributed by atoms with Crippen LogP contribution in [-0.2, 0) is 20.7 Å². The number of hydrogen-bond acceptors (Lipinski definition) is 4. The predicted octanol–water partition coefficient (Wildman–Crippen LogP) is 5.61. The number of nitrogens with one attached hydrogen (secondary N) is 2. The molecule has 3 N–H and O–H groups in total. The number of benzene rings is 1. The maximum absolute atomic E-state index is 11.9. The lowest BCUT2D eigenvalue weighted by atomic mass is 10.0. The van der Waals surface area contributed by atoms with E-state index >= 15 is 0 Å². The highest BCUT2D eigenvalue weighted by Crippen LogP contribution is 2.19. The van der Waals surface area contributed by atoms with Gasteiger partial charge in [-0.05, 0) is 18.1 Å². The molecule has 6 nitrogen and oxygen atoms in total. The van der Waals surface area contributed by atoms with Crippen molar-refractivity contribution in [2.75, 3.05) is 13.2 Å². The lowest BCUT2D eigenvalue weighted by Crippen LogP contribution is -2.39. The van der Waals surface area contributed by atoms with E-state index in [0.717, 1.165) is 29.3 Å². The molecule has 0 fully saturated rings. The van der Waals surface area contributed by atoms with E-state index in [2.05, 4.69) is 17.2 Å². The standard InChI is InChI=1S/C26H40N2O4/c1-2-3-4-5-6-7-8-9-10-13-18-32-25(29)16-17-27-24(26(30)31)19-21-20-28-23-15-12-11-14-22(21)23/h11-12,14-15,20,24,27-28H,2-10,13,16-19H2,1H3,(H,30,31). The van der Waals surface area contributed by atoms with Gasteiger partial charge in [0.05, 0.1) is 13.0 Å². The number of carbonyl (C=O) groups excluding carboxylic acids is 1. The molecule has 178 valence electrons. The van der Waals surface area contributed by atoms with Crippen molar-refractivity contribution in [1.29, 1.82) is 0 Å². The second-order valence-electron chi connectivity index (χ2n) is 8.56. The molecule has 1 unspecified atom stereocenters. The summed E-state index contributed by atoms with van der Waals surface area (Å²) in [4.78, 5) is 26.7. The number of aromatic nitrogens is 1. The third-order valence-electron chi connectivity index (χ3n) is 5.88. The Morgan fingerprint density at radius 2 is 1.66 bits per heavy atom. The number of aliphatic carboxylic acids is 1. The molecule has 32 heavy (non-hydrogen) atoms. The number of carboxylic acid groups (broad SMARTS) is 1. The maximum atomic E-state index is 11.9. The van der Waals surface area contributed by atoms with E-state index in [0.29, 0.717) is 13.0 Å². The summed E-state index contributed by atoms with van der Waals surface area (Å²) in [5.74, 6) is -1.20. The molecule has 0 radical (unpaired) electrons. The third kappa shape index (κ3) is 9.86. The van der Waals surface area contributed by atoms with Crippen molar-refractivity contribution in [2.24, 2.45) is 0 Å². The molecule has 0 aliphatic rings. The van der Waals surface area contributed by atoms with Gasteiger partial charge in [-0.1, -0.05) is 82.9 Å². The number of ether oxygens (including phenoxy) is 1. The maximum Gasteiger partial charge on any atom is 0.321 e. The van der Waals surface area contributed by atoms with Crippen LogP contribution in [0.5, 0.6) is 0 Å². The van der Waals surface area contributed by atoms with Gasteiger partial charge in [0.25, 0.3) is 0 Å². The Morgan fingerprint density at radius 1 is 1.00 bits per heavy atom. The van der Waals surface area contributed by atoms with Crippen LogP contribution in [-0.4, -0.2) is 41.2 Å². The van der Waals surface area contributed by atoms with E-state index in [1.807, 2.05) is 30.5 Å². The summed E-state index contributed by atoms with van der Waals surface area (Å²) < 4.78 is 5.29. The molecule has 1 aromatic carbocycles. The van der Waals surface area contributed by atoms with Gasteiger partial charge in [0.2, 0.25) is 0 Å². The van der Waals surface area contributed by atoms with Crippen molar-refractivity contribution in [3.63, 3.8) is 0 Å². The van der Waals surface area contributed by atoms with Gasteiger partial charge >= 0.3 is 11.9 Å². The van der Waals surface area contributed by atoms with Crippen molar-refractivity contribution >= 4 is 22.8 Å². The van der Waals surface area contributed by atoms with E-state index < -0.39 is 12.0 Å². The molecule has 0 saturated heterocycles. The number of aromatic amines is 1. The molecule has 2 aromatic rings. The Hall–Kier alpha value is -2.34. The van der Waals surface area contributed by atoms with Gasteiger partial charge in [-0.15, -0.1) is 0 Å². The van der Waals surface area contributed by atoms with Crippen molar-refractivity contribution in [3.8, 4) is 0 Å². The van der Waals surface area contributed by atoms with Crippen molar-refractivity contribution in [3.05, 3.63) is 36.0 Å². The molecule has 1 aromatic heterocycles. The van der Waals surface area contributed by atoms with E-state index in [-0.39, 0.29) is 18.9 Å². The number of carbonyl (C=O) groups is 2. The zero-order chi connectivity index (χ0) is 23.0. The van der Waals surface area contributed by atoms with E-state index in [9.17, 15) is 14.7 Å². The van der Waals surface area contributed by atoms with Crippen molar-refractivity contribution in [1.82, 2.24) is 10.3 Å². The number of H-pyrrole nitrogens is 1. The van der Waals surface area contributed by atoms with E-state index in [1.165, 1.54) is 51.4 Å². The van der Waals surface area contributed by atoms with Crippen LogP contribution >= 0.6 is 0 Å². The molecule has 6 heteroatoms. The number of unbranched alkanes of at least 4 members (excludes halogenated alkanes) is 9. The predicted molar refractivity (Wildman–Crippen MR) is 129 cm³/mol. The van der Waals surface area contributed by atoms with Crippen LogP contribution in [0.3, 0.4) is 0 Å². The largest absolute Gasteiger partial charge is 0.480 e. The number of hydrogen-bond donors (Lipinski definition) is 3. The van der Waals surface area contributed by atoms with E-state index in [1.54, 1.807) is 0 Å². The van der Waals surface area contributed by atoms with E-state index in [4.69, 9.17) is 4.74 Å². The van der Waals surface area contributed by atoms with Crippen LogP contribution in [0.15, 0.2) is 30.5 Å². The highest BCUT2D eigenvalue weighted by Gasteiger charge is 2.19. The zero-order valence-corrected chi connectivity index (χ0v) is 19.5. The second-order valence-corrected chi connectivity index (χ2v) is 8.56. The minimum absolute atomic E-state index is 0.176. The lowest BCUT2D eigenvalue weighted by Gasteiger charge is -2.14. The molecular weight excluding hydrogens is 404 g/mol. The monoisotopic (exact) mass is 444 g/mol. The van der Waals surface area contributed by atoms with Gasteiger partial charge in [0.15, 0.2) is 0 Å². The minimum Gasteiger partial charge on any atom is -0.480 e. The number of fused-ring (bicyclic) bond motifs is 1. The number of rotatable bonds is 18. The zero-order valence-electron chi connectivity index (χ0n) is 19.5. The molecule has 1 heterocycles. The summed E-state index contributed by atoms with van der Waals surface area (Å²) in [6.07, 6.45) is 14.8. The van der Waals surface area contributed by atoms with Gasteiger partial charge in [-0.2, -0.15) is 0 Å². The van der Waals surface area contributed by atoms with Gasteiger partial charge in [-0.3, -0.25) is 9.59 Å². The number of esters is 1. The molecular formula is C26H40N2O4. The average Bonchev–Trinajstić information content (AvgIpc) is 3.19. The van der Waals surface area contributed by atoms with Crippen LogP contribution < -0.4 is 5.32 Å². The summed E-state index contributed by atoms with van der Waals surface area (Å²) >= 11 is 0. The highest BCUT2D eigenvalue weighted by atomic mass is 16.5. The topological polar surface area (TPSA) is 91.4 Å². The Morgan fingerprint density at radius 3 is 2.34 bits per heavy atom. The average molecular weight is 445 g/mol. The van der Waals surface area contributed by atoms with Crippen LogP contribution in [0.2, 0.25) is 0 Å². The van der Waals surface area contributed by atoms with Crippen molar-refractivity contribution in [2.45, 2.75) is 90.0 Å². The Balaban J connectivity index is 1.54. The molecule has 0 amide bonds. The quantitative estimate of drug-likeness (QED) is 0.205. The molecule has 0 saturated carbocycles. The summed E-state index contributed by atoms with van der Waals surface area (Å²) in [5.41, 5.74) is 1.94. The van der Waals surface area contributed by atoms with Crippen molar-refractivity contribution < 1.29 is 19.4 Å². The highest BCUT2D eigenvalue weighted by molar-refractivity contribution is 5.84. The smallest absolute Gasteiger partial charge is 0.321 e. The van der Waals surface area contributed by atoms with Gasteiger partial charge in [-0.25, -0.2) is 0 Å². The summed E-state index contributed by atoms with van der Waals surface area (Å²) in [7, 11) is 0. The number of carboxylic acids is 1. The molecule has 1 atom stereocenters. The van der Waals surface area contributed by atoms with Crippen LogP contribution in [0, 0.1) is 0 Å². The van der Waals surface area contributed by atoms with Crippen LogP contribution in [0.1, 0.15) is 83.1 Å². The fraction of sp³-hybridized carbons (Fsp3) is 0.615. The Labute approximate surface area is 192 Å². The molecule has 0 aliphatic heterocycles. The molecule has 0 bridgehead atoms. The minimum atomic E-state index is -0.922. The third-order valence-corrected chi connectivity index (χ3v) is 5.88. The van der Waals surface area contributed by atoms with Crippen LogP contribution in [0.25, 0.3) is 10.9 Å². The molecule has 0 aliphatic carbocycles. The van der Waals surface area contributed by atoms with Crippen LogP contribution in [0.4, 0.5) is 0 Å². The first-order valence-electron chi connectivity index (χ1n) is 12.3. The first-order valence-corrected chi connectivity index (χ1v) is 12.3. The van der Waals surface area contributed by atoms with Gasteiger partial charge in [0, 0.05) is 30.1 Å². The van der Waals surface area contributed by atoms with Gasteiger partial charge < -0.3 is 20.1 Å². The fourth-order valence-electron chi connectivity index (χ4n) is 3.96. The Kier molecular flexibility index (Phi) is 12.5. The summed E-state index contributed by atoms with van der Waals surface area (Å²) in [5, 5.41) is 13.5.